The van der Waals surface area contributed by atoms with Crippen LogP contribution >= 0.6 is 15.9 Å². The molecule has 0 N–H and O–H groups in total. The van der Waals surface area contributed by atoms with Gasteiger partial charge in [0.15, 0.2) is 0 Å². The van der Waals surface area contributed by atoms with Crippen molar-refractivity contribution in [1.82, 2.24) is 9.80 Å². The van der Waals surface area contributed by atoms with Crippen LogP contribution in [-0.2, 0) is 0 Å². The number of rotatable bonds is 7. The van der Waals surface area contributed by atoms with Gasteiger partial charge >= 0.3 is 0 Å². The van der Waals surface area contributed by atoms with E-state index in [-0.39, 0.29) is 0 Å². The molecule has 0 saturated carbocycles. The number of hydrogen-bond acceptors (Lipinski definition) is 2. The van der Waals surface area contributed by atoms with Crippen molar-refractivity contribution in [2.45, 2.75) is 25.6 Å². The molecule has 0 aliphatic carbocycles. The van der Waals surface area contributed by atoms with E-state index in [1.807, 2.05) is 0 Å². The van der Waals surface area contributed by atoms with E-state index in [1.54, 1.807) is 0 Å². The van der Waals surface area contributed by atoms with Gasteiger partial charge in [0, 0.05) is 24.5 Å². The summed E-state index contributed by atoms with van der Waals surface area (Å²) in [4.78, 5) is 5.42. The quantitative estimate of drug-likeness (QED) is 0.639. The minimum absolute atomic E-state index is 0.592. The number of alkyl halides is 1. The van der Waals surface area contributed by atoms with Crippen LogP contribution in [0.2, 0.25) is 0 Å². The van der Waals surface area contributed by atoms with Crippen LogP contribution < -0.4 is 0 Å². The molecule has 1 unspecified atom stereocenters. The Bertz CT molecular complexity index is 113. The lowest BCUT2D eigenvalue weighted by Crippen LogP contribution is -2.35. The zero-order chi connectivity index (χ0) is 10.3. The average molecular weight is 251 g/mol. The molecule has 80 valence electrons. The molecule has 0 fully saturated rings. The summed E-state index contributed by atoms with van der Waals surface area (Å²) in [7, 11) is 2.18. The van der Waals surface area contributed by atoms with E-state index in [2.05, 4.69) is 53.5 Å². The number of halogens is 1. The van der Waals surface area contributed by atoms with E-state index in [1.165, 1.54) is 6.54 Å². The highest BCUT2D eigenvalue weighted by molar-refractivity contribution is 9.09. The first-order valence-electron chi connectivity index (χ1n) is 5.15. The molecule has 0 spiro atoms. The lowest BCUT2D eigenvalue weighted by Gasteiger charge is -2.23. The molecule has 3 heteroatoms. The first kappa shape index (κ1) is 13.4. The van der Waals surface area contributed by atoms with E-state index < -0.39 is 0 Å². The molecule has 0 radical (unpaired) electrons. The molecule has 2 nitrogen and oxygen atoms in total. The molecule has 0 aliphatic rings. The first-order valence-corrected chi connectivity index (χ1v) is 6.06. The van der Waals surface area contributed by atoms with Gasteiger partial charge in [-0.3, -0.25) is 0 Å². The molecule has 0 aromatic heterocycles. The smallest absolute Gasteiger partial charge is 0.0244 e. The maximum atomic E-state index is 3.56. The van der Waals surface area contributed by atoms with E-state index in [9.17, 15) is 0 Å². The monoisotopic (exact) mass is 250 g/mol. The van der Waals surface area contributed by atoms with Crippen molar-refractivity contribution in [2.75, 3.05) is 39.8 Å². The zero-order valence-corrected chi connectivity index (χ0v) is 11.0. The van der Waals surface area contributed by atoms with Gasteiger partial charge in [0.2, 0.25) is 0 Å². The van der Waals surface area contributed by atoms with Gasteiger partial charge < -0.3 is 9.80 Å². The lowest BCUT2D eigenvalue weighted by molar-refractivity contribution is 0.242. The second kappa shape index (κ2) is 7.77. The molecule has 0 aromatic rings. The molecule has 0 aliphatic heterocycles. The average Bonchev–Trinajstić information content (AvgIpc) is 2.05. The molecular weight excluding hydrogens is 228 g/mol. The van der Waals surface area contributed by atoms with Crippen LogP contribution in [0.15, 0.2) is 0 Å². The van der Waals surface area contributed by atoms with Crippen LogP contribution in [0.5, 0.6) is 0 Å². The summed E-state index contributed by atoms with van der Waals surface area (Å²) < 4.78 is 0. The summed E-state index contributed by atoms with van der Waals surface area (Å²) >= 11 is 3.56. The maximum Gasteiger partial charge on any atom is 0.0244 e. The summed E-state index contributed by atoms with van der Waals surface area (Å²) in [6, 6.07) is 0. The molecule has 0 rings (SSSR count). The highest BCUT2D eigenvalue weighted by Gasteiger charge is 2.04. The van der Waals surface area contributed by atoms with Gasteiger partial charge in [-0.05, 0) is 20.1 Å². The number of hydrogen-bond donors (Lipinski definition) is 0. The normalized spacial score (nSPS) is 14.1. The Kier molecular flexibility index (Phi) is 8.01. The lowest BCUT2D eigenvalue weighted by atomic mass is 10.4. The van der Waals surface area contributed by atoms with Crippen LogP contribution in [0.25, 0.3) is 0 Å². The van der Waals surface area contributed by atoms with Crippen LogP contribution in [-0.4, -0.2) is 54.4 Å². The van der Waals surface area contributed by atoms with Crippen LogP contribution in [0.3, 0.4) is 0 Å². The fourth-order valence-electron chi connectivity index (χ4n) is 1.37. The second-order valence-corrected chi connectivity index (χ2v) is 5.13. The van der Waals surface area contributed by atoms with Crippen molar-refractivity contribution >= 4 is 15.9 Å². The second-order valence-electron chi connectivity index (χ2n) is 3.57. The topological polar surface area (TPSA) is 6.48 Å². The van der Waals surface area contributed by atoms with Crippen LogP contribution in [0, 0.1) is 0 Å². The standard InChI is InChI=1S/C10H23BrN2/c1-5-13(6-2)8-7-12(4)9-10(3)11/h10H,5-9H2,1-4H3. The summed E-state index contributed by atoms with van der Waals surface area (Å²) in [6.07, 6.45) is 0. The fraction of sp³-hybridized carbons (Fsp3) is 1.00. The molecule has 1 atom stereocenters. The SMILES string of the molecule is CCN(CC)CCN(C)CC(C)Br. The summed E-state index contributed by atoms with van der Waals surface area (Å²) in [6.45, 7) is 12.4. The third kappa shape index (κ3) is 7.47. The van der Waals surface area contributed by atoms with E-state index in [0.717, 1.165) is 26.2 Å². The fourth-order valence-corrected chi connectivity index (χ4v) is 1.87. The molecule has 0 heterocycles. The van der Waals surface area contributed by atoms with Gasteiger partial charge in [-0.1, -0.05) is 36.7 Å². The summed E-state index contributed by atoms with van der Waals surface area (Å²) in [5.41, 5.74) is 0. The Morgan fingerprint density at radius 3 is 2.08 bits per heavy atom. The predicted molar refractivity (Wildman–Crippen MR) is 63.7 cm³/mol. The molecule has 0 aromatic carbocycles. The molecule has 0 amide bonds. The Morgan fingerprint density at radius 2 is 1.69 bits per heavy atom. The van der Waals surface area contributed by atoms with Gasteiger partial charge in [0.1, 0.15) is 0 Å². The van der Waals surface area contributed by atoms with Crippen molar-refractivity contribution in [3.63, 3.8) is 0 Å². The molecule has 13 heavy (non-hydrogen) atoms. The van der Waals surface area contributed by atoms with E-state index in [0.29, 0.717) is 4.83 Å². The number of likely N-dealkylation sites (N-methyl/N-ethyl adjacent to an activating group) is 2. The van der Waals surface area contributed by atoms with Crippen molar-refractivity contribution in [2.24, 2.45) is 0 Å². The van der Waals surface area contributed by atoms with E-state index in [4.69, 9.17) is 0 Å². The van der Waals surface area contributed by atoms with Crippen molar-refractivity contribution in [3.8, 4) is 0 Å². The summed E-state index contributed by atoms with van der Waals surface area (Å²) in [5, 5.41) is 0. The highest BCUT2D eigenvalue weighted by Crippen LogP contribution is 1.99. The van der Waals surface area contributed by atoms with Crippen molar-refractivity contribution < 1.29 is 0 Å². The van der Waals surface area contributed by atoms with Crippen LogP contribution in [0.4, 0.5) is 0 Å². The predicted octanol–water partition coefficient (Wildman–Crippen LogP) is 2.04. The molecule has 0 saturated heterocycles. The van der Waals surface area contributed by atoms with Gasteiger partial charge in [-0.15, -0.1) is 0 Å². The Balaban J connectivity index is 3.49. The van der Waals surface area contributed by atoms with Gasteiger partial charge in [0.25, 0.3) is 0 Å². The highest BCUT2D eigenvalue weighted by atomic mass is 79.9. The van der Waals surface area contributed by atoms with Gasteiger partial charge in [-0.25, -0.2) is 0 Å². The van der Waals surface area contributed by atoms with Gasteiger partial charge in [0.05, 0.1) is 0 Å². The maximum absolute atomic E-state index is 3.56. The third-order valence-electron chi connectivity index (χ3n) is 2.26. The Morgan fingerprint density at radius 1 is 1.15 bits per heavy atom. The Labute approximate surface area is 91.4 Å². The largest absolute Gasteiger partial charge is 0.304 e. The number of nitrogens with zero attached hydrogens (tertiary/aromatic N) is 2. The minimum Gasteiger partial charge on any atom is -0.304 e. The Hall–Kier alpha value is 0.400. The van der Waals surface area contributed by atoms with E-state index >= 15 is 0 Å². The third-order valence-corrected chi connectivity index (χ3v) is 2.55. The van der Waals surface area contributed by atoms with Gasteiger partial charge in [-0.2, -0.15) is 0 Å². The first-order chi connectivity index (χ1) is 6.10. The molecular formula is C10H23BrN2. The summed E-state index contributed by atoms with van der Waals surface area (Å²) in [5.74, 6) is 0. The van der Waals surface area contributed by atoms with Crippen molar-refractivity contribution in [3.05, 3.63) is 0 Å². The molecule has 0 bridgehead atoms. The van der Waals surface area contributed by atoms with Crippen molar-refractivity contribution in [1.29, 1.82) is 0 Å². The zero-order valence-electron chi connectivity index (χ0n) is 9.39. The van der Waals surface area contributed by atoms with Crippen LogP contribution in [0.1, 0.15) is 20.8 Å². The minimum atomic E-state index is 0.592.